The van der Waals surface area contributed by atoms with Crippen molar-refractivity contribution in [3.8, 4) is 11.6 Å². The van der Waals surface area contributed by atoms with Crippen LogP contribution in [0, 0.1) is 5.41 Å². The van der Waals surface area contributed by atoms with Gasteiger partial charge >= 0.3 is 0 Å². The number of aromatic nitrogens is 1. The zero-order chi connectivity index (χ0) is 27.3. The molecule has 6 nitrogen and oxygen atoms in total. The van der Waals surface area contributed by atoms with Crippen LogP contribution in [0.2, 0.25) is 0 Å². The Morgan fingerprint density at radius 2 is 1.57 bits per heavy atom. The number of nitrogens with zero attached hydrogens (tertiary/aromatic N) is 2. The van der Waals surface area contributed by atoms with Crippen molar-refractivity contribution in [3.63, 3.8) is 0 Å². The number of carbonyl (C=O) groups excluding carboxylic acids is 1. The predicted molar refractivity (Wildman–Crippen MR) is 147 cm³/mol. The van der Waals surface area contributed by atoms with Crippen LogP contribution >= 0.6 is 0 Å². The Bertz CT molecular complexity index is 1330. The highest BCUT2D eigenvalue weighted by atomic mass is 16.5. The number of rotatable bonds is 5. The number of ketones is 1. The number of hydrogen-bond donors (Lipinski definition) is 2. The number of benzene rings is 2. The number of hydrogen-bond acceptors (Lipinski definition) is 5. The maximum absolute atomic E-state index is 13.9. The minimum atomic E-state index is -0.765. The van der Waals surface area contributed by atoms with Gasteiger partial charge in [0.1, 0.15) is 17.3 Å². The van der Waals surface area contributed by atoms with Crippen LogP contribution in [0.3, 0.4) is 0 Å². The second kappa shape index (κ2) is 9.02. The maximum atomic E-state index is 13.9. The van der Waals surface area contributed by atoms with Crippen molar-refractivity contribution >= 4 is 11.6 Å². The standard InChI is InChI=1S/C31H37N3O3/c1-29(2,3)22-16-19(17-23(27(22)36)30(4,5)6)24(35)18-34-28(32)26-21(14-15-25(33-26)37-8)31(34,7)20-12-10-9-11-13-20/h9-17,32,36H,18H2,1-8H3. The normalized spacial score (nSPS) is 17.6. The molecule has 194 valence electrons. The van der Waals surface area contributed by atoms with E-state index in [-0.39, 0.29) is 34.7 Å². The van der Waals surface area contributed by atoms with E-state index in [0.29, 0.717) is 17.1 Å². The first-order valence-corrected chi connectivity index (χ1v) is 12.6. The lowest BCUT2D eigenvalue weighted by molar-refractivity contribution is 0.0930. The molecule has 0 saturated carbocycles. The van der Waals surface area contributed by atoms with E-state index in [1.165, 1.54) is 0 Å². The van der Waals surface area contributed by atoms with Crippen LogP contribution in [0.15, 0.2) is 54.6 Å². The van der Waals surface area contributed by atoms with Gasteiger partial charge in [-0.15, -0.1) is 0 Å². The van der Waals surface area contributed by atoms with E-state index in [0.717, 1.165) is 22.3 Å². The zero-order valence-corrected chi connectivity index (χ0v) is 23.1. The van der Waals surface area contributed by atoms with Crippen molar-refractivity contribution in [2.24, 2.45) is 0 Å². The third kappa shape index (κ3) is 4.50. The SMILES string of the molecule is COc1ccc2c(n1)C(=N)N(CC(=O)c1cc(C(C)(C)C)c(O)c(C(C)(C)C)c1)C2(C)c1ccccc1. The molecule has 1 unspecified atom stereocenters. The molecular weight excluding hydrogens is 462 g/mol. The highest BCUT2D eigenvalue weighted by Gasteiger charge is 2.47. The third-order valence-corrected chi connectivity index (χ3v) is 7.32. The average molecular weight is 500 g/mol. The largest absolute Gasteiger partial charge is 0.507 e. The Hall–Kier alpha value is -3.67. The smallest absolute Gasteiger partial charge is 0.213 e. The van der Waals surface area contributed by atoms with Gasteiger partial charge in [-0.2, -0.15) is 0 Å². The molecule has 2 N–H and O–H groups in total. The summed E-state index contributed by atoms with van der Waals surface area (Å²) >= 11 is 0. The fraction of sp³-hybridized carbons (Fsp3) is 0.387. The lowest BCUT2D eigenvalue weighted by atomic mass is 9.78. The molecule has 37 heavy (non-hydrogen) atoms. The molecule has 0 radical (unpaired) electrons. The molecular formula is C31H37N3O3. The predicted octanol–water partition coefficient (Wildman–Crippen LogP) is 6.18. The topological polar surface area (TPSA) is 86.5 Å². The number of aromatic hydroxyl groups is 1. The first-order chi connectivity index (χ1) is 17.2. The summed E-state index contributed by atoms with van der Waals surface area (Å²) in [5.74, 6) is 0.723. The van der Waals surface area contributed by atoms with Gasteiger partial charge in [0.15, 0.2) is 5.78 Å². The van der Waals surface area contributed by atoms with Gasteiger partial charge in [0, 0.05) is 28.3 Å². The van der Waals surface area contributed by atoms with Crippen molar-refractivity contribution in [3.05, 3.63) is 88.1 Å². The van der Waals surface area contributed by atoms with Crippen LogP contribution in [-0.2, 0) is 16.4 Å². The van der Waals surface area contributed by atoms with E-state index in [9.17, 15) is 9.90 Å². The number of fused-ring (bicyclic) bond motifs is 1. The number of nitrogens with one attached hydrogen (secondary N) is 1. The van der Waals surface area contributed by atoms with Crippen molar-refractivity contribution in [1.29, 1.82) is 5.41 Å². The average Bonchev–Trinajstić information content (AvgIpc) is 3.05. The summed E-state index contributed by atoms with van der Waals surface area (Å²) in [5, 5.41) is 20.2. The minimum Gasteiger partial charge on any atom is -0.507 e. The molecule has 0 bridgehead atoms. The second-order valence-corrected chi connectivity index (χ2v) is 12.0. The van der Waals surface area contributed by atoms with Crippen LogP contribution in [0.4, 0.5) is 0 Å². The molecule has 1 atom stereocenters. The summed E-state index contributed by atoms with van der Waals surface area (Å²) < 4.78 is 5.33. The van der Waals surface area contributed by atoms with Gasteiger partial charge in [0.2, 0.25) is 5.88 Å². The lowest BCUT2D eigenvalue weighted by Crippen LogP contribution is -2.45. The molecule has 2 heterocycles. The summed E-state index contributed by atoms with van der Waals surface area (Å²) in [4.78, 5) is 20.3. The van der Waals surface area contributed by atoms with Crippen molar-refractivity contribution in [2.75, 3.05) is 13.7 Å². The molecule has 4 rings (SSSR count). The molecule has 3 aromatic rings. The molecule has 0 aliphatic carbocycles. The first kappa shape index (κ1) is 26.4. The second-order valence-electron chi connectivity index (χ2n) is 12.0. The number of carbonyl (C=O) groups is 1. The Kier molecular flexibility index (Phi) is 6.43. The van der Waals surface area contributed by atoms with Crippen molar-refractivity contribution < 1.29 is 14.6 Å². The van der Waals surface area contributed by atoms with Gasteiger partial charge in [-0.1, -0.05) is 71.9 Å². The number of methoxy groups -OCH3 is 1. The number of phenols is 1. The first-order valence-electron chi connectivity index (χ1n) is 12.6. The van der Waals surface area contributed by atoms with E-state index >= 15 is 0 Å². The summed E-state index contributed by atoms with van der Waals surface area (Å²) in [5.41, 5.74) is 2.86. The zero-order valence-electron chi connectivity index (χ0n) is 23.1. The third-order valence-electron chi connectivity index (χ3n) is 7.32. The molecule has 0 amide bonds. The lowest BCUT2D eigenvalue weighted by Gasteiger charge is -2.37. The number of phenolic OH excluding ortho intramolecular Hbond substituents is 1. The molecule has 1 aliphatic heterocycles. The van der Waals surface area contributed by atoms with Crippen LogP contribution in [0.1, 0.15) is 86.8 Å². The van der Waals surface area contributed by atoms with E-state index < -0.39 is 5.54 Å². The van der Waals surface area contributed by atoms with Gasteiger partial charge < -0.3 is 14.7 Å². The van der Waals surface area contributed by atoms with Crippen molar-refractivity contribution in [1.82, 2.24) is 9.88 Å². The quantitative estimate of drug-likeness (QED) is 0.410. The van der Waals surface area contributed by atoms with Crippen LogP contribution in [-0.4, -0.2) is 40.3 Å². The van der Waals surface area contributed by atoms with Crippen LogP contribution in [0.5, 0.6) is 11.6 Å². The Balaban J connectivity index is 1.84. The number of ether oxygens (including phenoxy) is 1. The molecule has 6 heteroatoms. The number of amidine groups is 1. The fourth-order valence-electron chi connectivity index (χ4n) is 5.11. The fourth-order valence-corrected chi connectivity index (χ4v) is 5.11. The van der Waals surface area contributed by atoms with Crippen molar-refractivity contribution in [2.45, 2.75) is 64.8 Å². The Morgan fingerprint density at radius 3 is 2.08 bits per heavy atom. The van der Waals surface area contributed by atoms with E-state index in [4.69, 9.17) is 10.1 Å². The van der Waals surface area contributed by atoms with Gasteiger partial charge in [0.25, 0.3) is 0 Å². The van der Waals surface area contributed by atoms with Gasteiger partial charge in [-0.25, -0.2) is 4.98 Å². The molecule has 0 spiro atoms. The summed E-state index contributed by atoms with van der Waals surface area (Å²) in [6.45, 7) is 14.2. The van der Waals surface area contributed by atoms with E-state index in [2.05, 4.69) is 4.98 Å². The molecule has 1 aliphatic rings. The molecule has 2 aromatic carbocycles. The summed E-state index contributed by atoms with van der Waals surface area (Å²) in [7, 11) is 1.55. The highest BCUT2D eigenvalue weighted by Crippen LogP contribution is 2.44. The summed E-state index contributed by atoms with van der Waals surface area (Å²) in [6.07, 6.45) is 0. The monoisotopic (exact) mass is 499 g/mol. The van der Waals surface area contributed by atoms with E-state index in [1.807, 2.05) is 89.8 Å². The van der Waals surface area contributed by atoms with Gasteiger partial charge in [-0.05, 0) is 41.5 Å². The van der Waals surface area contributed by atoms with Crippen LogP contribution in [0.25, 0.3) is 0 Å². The molecule has 1 aromatic heterocycles. The minimum absolute atomic E-state index is 0.0131. The summed E-state index contributed by atoms with van der Waals surface area (Å²) in [6, 6.07) is 17.2. The van der Waals surface area contributed by atoms with Gasteiger partial charge in [-0.3, -0.25) is 10.2 Å². The number of Topliss-reactive ketones (excluding diaryl/α,β-unsaturated/α-hetero) is 1. The number of pyridine rings is 1. The van der Waals surface area contributed by atoms with Crippen LogP contribution < -0.4 is 4.74 Å². The highest BCUT2D eigenvalue weighted by molar-refractivity contribution is 6.06. The maximum Gasteiger partial charge on any atom is 0.213 e. The Morgan fingerprint density at radius 1 is 1.00 bits per heavy atom. The van der Waals surface area contributed by atoms with Gasteiger partial charge in [0.05, 0.1) is 19.2 Å². The van der Waals surface area contributed by atoms with E-state index in [1.54, 1.807) is 25.3 Å². The Labute approximate surface area is 219 Å². The molecule has 0 fully saturated rings. The molecule has 0 saturated heterocycles.